The predicted molar refractivity (Wildman–Crippen MR) is 124 cm³/mol. The van der Waals surface area contributed by atoms with Crippen molar-refractivity contribution in [2.24, 2.45) is 0 Å². The fourth-order valence-electron chi connectivity index (χ4n) is 3.23. The lowest BCUT2D eigenvalue weighted by Crippen LogP contribution is -2.39. The number of rotatable bonds is 10. The van der Waals surface area contributed by atoms with E-state index in [1.165, 1.54) is 11.8 Å². The van der Waals surface area contributed by atoms with Crippen molar-refractivity contribution < 1.29 is 24.1 Å². The number of nitrogens with two attached hydrogens (primary N) is 1. The Morgan fingerprint density at radius 2 is 2.12 bits per heavy atom. The van der Waals surface area contributed by atoms with Crippen LogP contribution in [0.4, 0.5) is 22.1 Å². The first-order valence-electron chi connectivity index (χ1n) is 11.1. The van der Waals surface area contributed by atoms with E-state index in [0.29, 0.717) is 29.8 Å². The van der Waals surface area contributed by atoms with E-state index in [4.69, 9.17) is 25.1 Å². The molecule has 2 heterocycles. The topological polar surface area (TPSA) is 132 Å². The average molecular weight is 470 g/mol. The second kappa shape index (κ2) is 10.9. The SMILES string of the molecule is CCCSc1nc(NC2CC(OCCO)CO2)c(N)c(N(C(=O)OC(C)(C)C)C2CC2)n1. The van der Waals surface area contributed by atoms with E-state index >= 15 is 0 Å². The van der Waals surface area contributed by atoms with Crippen molar-refractivity contribution >= 4 is 35.2 Å². The molecule has 2 atom stereocenters. The van der Waals surface area contributed by atoms with Crippen LogP contribution in [-0.2, 0) is 14.2 Å². The van der Waals surface area contributed by atoms with Gasteiger partial charge in [-0.25, -0.2) is 14.8 Å². The maximum Gasteiger partial charge on any atom is 0.416 e. The lowest BCUT2D eigenvalue weighted by Gasteiger charge is -2.28. The molecule has 0 bridgehead atoms. The van der Waals surface area contributed by atoms with Gasteiger partial charge in [-0.05, 0) is 40.0 Å². The molecule has 1 aromatic heterocycles. The third-order valence-corrected chi connectivity index (χ3v) is 5.83. The number of thioether (sulfide) groups is 1. The summed E-state index contributed by atoms with van der Waals surface area (Å²) in [6, 6.07) is 0.0120. The highest BCUT2D eigenvalue weighted by Gasteiger charge is 2.39. The van der Waals surface area contributed by atoms with Crippen molar-refractivity contribution in [1.82, 2.24) is 9.97 Å². The minimum atomic E-state index is -0.631. The van der Waals surface area contributed by atoms with Crippen molar-refractivity contribution in [2.45, 2.75) is 82.5 Å². The first-order valence-corrected chi connectivity index (χ1v) is 12.1. The molecule has 1 aromatic rings. The molecule has 2 aliphatic rings. The number of hydrogen-bond acceptors (Lipinski definition) is 10. The summed E-state index contributed by atoms with van der Waals surface area (Å²) in [5, 5.41) is 12.7. The summed E-state index contributed by atoms with van der Waals surface area (Å²) >= 11 is 1.51. The van der Waals surface area contributed by atoms with Crippen LogP contribution in [0.2, 0.25) is 0 Å². The van der Waals surface area contributed by atoms with E-state index < -0.39 is 11.7 Å². The second-order valence-corrected chi connectivity index (χ2v) is 10.0. The van der Waals surface area contributed by atoms with Crippen LogP contribution in [0.25, 0.3) is 0 Å². The van der Waals surface area contributed by atoms with Crippen LogP contribution >= 0.6 is 11.8 Å². The van der Waals surface area contributed by atoms with E-state index in [1.807, 2.05) is 20.8 Å². The summed E-state index contributed by atoms with van der Waals surface area (Å²) in [6.07, 6.45) is 2.39. The summed E-state index contributed by atoms with van der Waals surface area (Å²) < 4.78 is 17.0. The van der Waals surface area contributed by atoms with Gasteiger partial charge in [-0.1, -0.05) is 18.7 Å². The van der Waals surface area contributed by atoms with Gasteiger partial charge in [-0.2, -0.15) is 0 Å². The molecule has 1 amide bonds. The number of nitrogens with zero attached hydrogens (tertiary/aromatic N) is 3. The van der Waals surface area contributed by atoms with Crippen molar-refractivity contribution in [3.8, 4) is 0 Å². The first-order chi connectivity index (χ1) is 15.2. The summed E-state index contributed by atoms with van der Waals surface area (Å²) in [5.41, 5.74) is 6.13. The lowest BCUT2D eigenvalue weighted by atomic mass is 10.2. The van der Waals surface area contributed by atoms with Crippen molar-refractivity contribution in [1.29, 1.82) is 0 Å². The number of aliphatic hydroxyl groups is 1. The highest BCUT2D eigenvalue weighted by molar-refractivity contribution is 7.99. The second-order valence-electron chi connectivity index (χ2n) is 8.94. The van der Waals surface area contributed by atoms with Gasteiger partial charge >= 0.3 is 6.09 Å². The normalized spacial score (nSPS) is 20.9. The van der Waals surface area contributed by atoms with Crippen LogP contribution in [0.5, 0.6) is 0 Å². The van der Waals surface area contributed by atoms with Crippen LogP contribution in [-0.4, -0.2) is 70.7 Å². The molecule has 0 spiro atoms. The quantitative estimate of drug-likeness (QED) is 0.347. The monoisotopic (exact) mass is 469 g/mol. The maximum absolute atomic E-state index is 13.0. The molecule has 11 heteroatoms. The zero-order chi connectivity index (χ0) is 23.3. The smallest absolute Gasteiger partial charge is 0.416 e. The van der Waals surface area contributed by atoms with Gasteiger partial charge in [0.1, 0.15) is 17.5 Å². The molecule has 1 aliphatic carbocycles. The maximum atomic E-state index is 13.0. The summed E-state index contributed by atoms with van der Waals surface area (Å²) in [5.74, 6) is 1.63. The Balaban J connectivity index is 1.86. The third kappa shape index (κ3) is 6.84. The van der Waals surface area contributed by atoms with Gasteiger partial charge in [0.15, 0.2) is 16.8 Å². The van der Waals surface area contributed by atoms with Crippen LogP contribution in [0.1, 0.15) is 53.4 Å². The number of aliphatic hydroxyl groups excluding tert-OH is 1. The Morgan fingerprint density at radius 1 is 1.38 bits per heavy atom. The standard InChI is InChI=1S/C21H35N5O5S/c1-5-10-32-19-24-17(23-15-11-14(12-30-15)29-9-8-27)16(22)18(25-19)26(13-6-7-13)20(28)31-21(2,3)4/h13-15,27H,5-12,22H2,1-4H3,(H,23,24,25). The number of hydrogen-bond donors (Lipinski definition) is 3. The zero-order valence-corrected chi connectivity index (χ0v) is 20.1. The minimum Gasteiger partial charge on any atom is -0.443 e. The predicted octanol–water partition coefficient (Wildman–Crippen LogP) is 3.00. The number of amides is 1. The van der Waals surface area contributed by atoms with E-state index in [0.717, 1.165) is 25.0 Å². The summed E-state index contributed by atoms with van der Waals surface area (Å²) in [6.45, 7) is 8.24. The molecular formula is C21H35N5O5S. The summed E-state index contributed by atoms with van der Waals surface area (Å²) in [4.78, 5) is 23.8. The Labute approximate surface area is 193 Å². The van der Waals surface area contributed by atoms with E-state index in [-0.39, 0.29) is 37.3 Å². The molecular weight excluding hydrogens is 434 g/mol. The molecule has 1 saturated carbocycles. The fraction of sp³-hybridized carbons (Fsp3) is 0.762. The van der Waals surface area contributed by atoms with Crippen molar-refractivity contribution in [3.63, 3.8) is 0 Å². The molecule has 1 saturated heterocycles. The van der Waals surface area contributed by atoms with Gasteiger partial charge in [0.25, 0.3) is 0 Å². The number of carbonyl (C=O) groups is 1. The molecule has 32 heavy (non-hydrogen) atoms. The number of aromatic nitrogens is 2. The number of nitrogens with one attached hydrogen (secondary N) is 1. The molecule has 4 N–H and O–H groups in total. The highest BCUT2D eigenvalue weighted by Crippen LogP contribution is 2.39. The Morgan fingerprint density at radius 3 is 2.75 bits per heavy atom. The van der Waals surface area contributed by atoms with Crippen LogP contribution < -0.4 is 16.0 Å². The van der Waals surface area contributed by atoms with Gasteiger partial charge in [0.2, 0.25) is 0 Å². The van der Waals surface area contributed by atoms with E-state index in [1.54, 1.807) is 4.90 Å². The third-order valence-electron chi connectivity index (χ3n) is 4.77. The molecule has 3 rings (SSSR count). The van der Waals surface area contributed by atoms with Gasteiger partial charge in [-0.3, -0.25) is 4.90 Å². The van der Waals surface area contributed by atoms with Crippen LogP contribution in [0.15, 0.2) is 5.16 Å². The largest absolute Gasteiger partial charge is 0.443 e. The first kappa shape index (κ1) is 24.8. The molecule has 10 nitrogen and oxygen atoms in total. The van der Waals surface area contributed by atoms with E-state index in [2.05, 4.69) is 22.2 Å². The van der Waals surface area contributed by atoms with Gasteiger partial charge in [0, 0.05) is 18.2 Å². The Bertz CT molecular complexity index is 787. The molecule has 0 aromatic carbocycles. The van der Waals surface area contributed by atoms with Crippen molar-refractivity contribution in [2.75, 3.05) is 41.5 Å². The minimum absolute atomic E-state index is 0.0120. The highest BCUT2D eigenvalue weighted by atomic mass is 32.2. The number of carbonyl (C=O) groups excluding carboxylic acids is 1. The number of nitrogen functional groups attached to an aromatic ring is 1. The molecule has 2 fully saturated rings. The summed E-state index contributed by atoms with van der Waals surface area (Å²) in [7, 11) is 0. The van der Waals surface area contributed by atoms with Gasteiger partial charge < -0.3 is 30.4 Å². The lowest BCUT2D eigenvalue weighted by molar-refractivity contribution is 0.0203. The Hall–Kier alpha value is -1.82. The van der Waals surface area contributed by atoms with Crippen molar-refractivity contribution in [3.05, 3.63) is 0 Å². The van der Waals surface area contributed by atoms with Gasteiger partial charge in [-0.15, -0.1) is 0 Å². The zero-order valence-electron chi connectivity index (χ0n) is 19.3. The molecule has 180 valence electrons. The molecule has 0 radical (unpaired) electrons. The fourth-order valence-corrected chi connectivity index (χ4v) is 3.92. The number of ether oxygens (including phenoxy) is 3. The molecule has 2 unspecified atom stereocenters. The van der Waals surface area contributed by atoms with E-state index in [9.17, 15) is 4.79 Å². The van der Waals surface area contributed by atoms with Crippen LogP contribution in [0, 0.1) is 0 Å². The van der Waals surface area contributed by atoms with Gasteiger partial charge in [0.05, 0.1) is 25.9 Å². The average Bonchev–Trinajstić information content (AvgIpc) is 3.45. The Kier molecular flexibility index (Phi) is 8.43. The van der Waals surface area contributed by atoms with Crippen LogP contribution in [0.3, 0.4) is 0 Å². The molecule has 1 aliphatic heterocycles. The number of anilines is 3.